The number of carbonyl (C=O) groups excluding carboxylic acids is 1. The highest BCUT2D eigenvalue weighted by Gasteiger charge is 2.23. The Kier molecular flexibility index (Phi) is 12.5. The normalized spacial score (nSPS) is 13.6. The first kappa shape index (κ1) is 26.3. The molecule has 0 aliphatic carbocycles. The van der Waals surface area contributed by atoms with Gasteiger partial charge in [-0.25, -0.2) is 0 Å². The predicted molar refractivity (Wildman–Crippen MR) is 111 cm³/mol. The van der Waals surface area contributed by atoms with Crippen LogP contribution in [0.15, 0.2) is 41.8 Å². The Labute approximate surface area is 179 Å². The van der Waals surface area contributed by atoms with Gasteiger partial charge in [0.15, 0.2) is 0 Å². The number of allylic oxidation sites excluding steroid dienone is 1. The Morgan fingerprint density at radius 3 is 2.50 bits per heavy atom. The molecule has 1 aromatic rings. The summed E-state index contributed by atoms with van der Waals surface area (Å²) in [7, 11) is -2.39. The van der Waals surface area contributed by atoms with Gasteiger partial charge in [-0.2, -0.15) is 8.42 Å². The van der Waals surface area contributed by atoms with Crippen molar-refractivity contribution in [3.05, 3.63) is 42.5 Å². The van der Waals surface area contributed by atoms with Crippen LogP contribution < -0.4 is 0 Å². The van der Waals surface area contributed by atoms with Crippen LogP contribution in [0.4, 0.5) is 0 Å². The number of rotatable bonds is 16. The smallest absolute Gasteiger partial charge is 0.306 e. The summed E-state index contributed by atoms with van der Waals surface area (Å²) < 4.78 is 50.9. The minimum atomic E-state index is -3.94. The summed E-state index contributed by atoms with van der Waals surface area (Å²) in [6, 6.07) is 6.37. The van der Waals surface area contributed by atoms with Gasteiger partial charge in [-0.3, -0.25) is 8.98 Å². The standard InChI is InChI=1S/C21H32O8S/c1-5-18(14-21(22)27-6-2)13-19(28-16-26-12-11-25-4)15-29-30(23,24)20-9-7-17(3)8-10-20/h5,7-10,18-19H,1,6,11-16H2,2-4H3/t18-,19+/m1/s1. The molecule has 30 heavy (non-hydrogen) atoms. The van der Waals surface area contributed by atoms with Gasteiger partial charge < -0.3 is 18.9 Å². The lowest BCUT2D eigenvalue weighted by Crippen LogP contribution is -2.27. The van der Waals surface area contributed by atoms with Crippen molar-refractivity contribution in [3.8, 4) is 0 Å². The third-order valence-electron chi connectivity index (χ3n) is 4.17. The lowest BCUT2D eigenvalue weighted by Gasteiger charge is -2.21. The Morgan fingerprint density at radius 1 is 1.20 bits per heavy atom. The largest absolute Gasteiger partial charge is 0.466 e. The molecule has 0 saturated heterocycles. The number of hydrogen-bond donors (Lipinski definition) is 0. The first-order valence-electron chi connectivity index (χ1n) is 9.74. The number of methoxy groups -OCH3 is 1. The first-order chi connectivity index (χ1) is 14.3. The number of hydrogen-bond acceptors (Lipinski definition) is 8. The fourth-order valence-electron chi connectivity index (χ4n) is 2.50. The van der Waals surface area contributed by atoms with E-state index in [1.165, 1.54) is 12.1 Å². The molecule has 0 aliphatic rings. The van der Waals surface area contributed by atoms with Crippen molar-refractivity contribution in [1.82, 2.24) is 0 Å². The van der Waals surface area contributed by atoms with E-state index in [4.69, 9.17) is 23.1 Å². The van der Waals surface area contributed by atoms with Crippen LogP contribution in [0.25, 0.3) is 0 Å². The van der Waals surface area contributed by atoms with Gasteiger partial charge in [0.25, 0.3) is 10.1 Å². The van der Waals surface area contributed by atoms with Crippen molar-refractivity contribution in [1.29, 1.82) is 0 Å². The van der Waals surface area contributed by atoms with E-state index in [1.54, 1.807) is 32.2 Å². The van der Waals surface area contributed by atoms with E-state index in [0.29, 0.717) is 19.6 Å². The maximum Gasteiger partial charge on any atom is 0.306 e. The summed E-state index contributed by atoms with van der Waals surface area (Å²) >= 11 is 0. The van der Waals surface area contributed by atoms with Gasteiger partial charge in [-0.1, -0.05) is 23.8 Å². The maximum atomic E-state index is 12.5. The molecule has 9 heteroatoms. The highest BCUT2D eigenvalue weighted by atomic mass is 32.2. The van der Waals surface area contributed by atoms with Gasteiger partial charge in [0, 0.05) is 7.11 Å². The third-order valence-corrected chi connectivity index (χ3v) is 5.47. The number of ether oxygens (including phenoxy) is 4. The Morgan fingerprint density at radius 2 is 1.90 bits per heavy atom. The molecule has 0 aromatic heterocycles. The van der Waals surface area contributed by atoms with Crippen LogP contribution in [0.5, 0.6) is 0 Å². The van der Waals surface area contributed by atoms with Crippen LogP contribution >= 0.6 is 0 Å². The maximum absolute atomic E-state index is 12.5. The molecule has 0 bridgehead atoms. The third kappa shape index (κ3) is 10.3. The van der Waals surface area contributed by atoms with E-state index >= 15 is 0 Å². The van der Waals surface area contributed by atoms with Crippen molar-refractivity contribution in [2.24, 2.45) is 5.92 Å². The van der Waals surface area contributed by atoms with Gasteiger partial charge in [-0.15, -0.1) is 6.58 Å². The number of aryl methyl sites for hydroxylation is 1. The lowest BCUT2D eigenvalue weighted by molar-refractivity contribution is -0.144. The van der Waals surface area contributed by atoms with E-state index in [9.17, 15) is 13.2 Å². The average molecular weight is 445 g/mol. The molecule has 0 spiro atoms. The predicted octanol–water partition coefficient (Wildman–Crippen LogP) is 2.85. The molecule has 0 amide bonds. The van der Waals surface area contributed by atoms with E-state index in [0.717, 1.165) is 5.56 Å². The van der Waals surface area contributed by atoms with Crippen molar-refractivity contribution < 1.29 is 36.3 Å². The fourth-order valence-corrected chi connectivity index (χ4v) is 3.44. The minimum absolute atomic E-state index is 0.0643. The molecule has 1 aromatic carbocycles. The monoisotopic (exact) mass is 444 g/mol. The van der Waals surface area contributed by atoms with Gasteiger partial charge in [0.1, 0.15) is 6.79 Å². The number of esters is 1. The number of benzene rings is 1. The van der Waals surface area contributed by atoms with Gasteiger partial charge >= 0.3 is 5.97 Å². The molecule has 0 aliphatic heterocycles. The molecule has 2 atom stereocenters. The summed E-state index contributed by atoms with van der Waals surface area (Å²) in [5.74, 6) is -0.621. The van der Waals surface area contributed by atoms with Crippen molar-refractivity contribution in [3.63, 3.8) is 0 Å². The van der Waals surface area contributed by atoms with Crippen LogP contribution in [0, 0.1) is 12.8 Å². The second kappa shape index (κ2) is 14.3. The summed E-state index contributed by atoms with van der Waals surface area (Å²) in [6.45, 7) is 8.07. The summed E-state index contributed by atoms with van der Waals surface area (Å²) in [4.78, 5) is 11.8. The van der Waals surface area contributed by atoms with E-state index in [1.807, 2.05) is 6.92 Å². The second-order valence-electron chi connectivity index (χ2n) is 6.60. The highest BCUT2D eigenvalue weighted by Crippen LogP contribution is 2.19. The second-order valence-corrected chi connectivity index (χ2v) is 8.22. The Bertz CT molecular complexity index is 730. The number of carbonyl (C=O) groups is 1. The molecular weight excluding hydrogens is 412 g/mol. The Balaban J connectivity index is 2.74. The van der Waals surface area contributed by atoms with E-state index in [-0.39, 0.29) is 43.2 Å². The van der Waals surface area contributed by atoms with Gasteiger partial charge in [0.2, 0.25) is 0 Å². The summed E-state index contributed by atoms with van der Waals surface area (Å²) in [5, 5.41) is 0. The highest BCUT2D eigenvalue weighted by molar-refractivity contribution is 7.86. The summed E-state index contributed by atoms with van der Waals surface area (Å²) in [6.07, 6.45) is 1.42. The topological polar surface area (TPSA) is 97.4 Å². The SMILES string of the molecule is C=C[C@@H](CC(=O)OCC)C[C@@H](COS(=O)(=O)c1ccc(C)cc1)OCOCCOC. The van der Waals surface area contributed by atoms with Crippen molar-refractivity contribution in [2.75, 3.05) is 40.3 Å². The van der Waals surface area contributed by atoms with Crippen molar-refractivity contribution >= 4 is 16.1 Å². The van der Waals surface area contributed by atoms with Gasteiger partial charge in [0.05, 0.1) is 43.8 Å². The van der Waals surface area contributed by atoms with E-state index in [2.05, 4.69) is 6.58 Å². The molecule has 1 rings (SSSR count). The van der Waals surface area contributed by atoms with Crippen LogP contribution in [-0.4, -0.2) is 60.8 Å². The van der Waals surface area contributed by atoms with Crippen LogP contribution in [0.1, 0.15) is 25.3 Å². The minimum Gasteiger partial charge on any atom is -0.466 e. The zero-order chi connectivity index (χ0) is 22.4. The molecule has 0 saturated carbocycles. The molecular formula is C21H32O8S. The Hall–Kier alpha value is -1.78. The van der Waals surface area contributed by atoms with Gasteiger partial charge in [-0.05, 0) is 38.3 Å². The first-order valence-corrected chi connectivity index (χ1v) is 11.2. The van der Waals surface area contributed by atoms with Crippen LogP contribution in [0.2, 0.25) is 0 Å². The molecule has 0 unspecified atom stereocenters. The lowest BCUT2D eigenvalue weighted by atomic mass is 9.98. The zero-order valence-corrected chi connectivity index (χ0v) is 18.7. The molecule has 170 valence electrons. The molecule has 0 heterocycles. The van der Waals surface area contributed by atoms with E-state index < -0.39 is 16.2 Å². The van der Waals surface area contributed by atoms with Crippen LogP contribution in [0.3, 0.4) is 0 Å². The molecule has 0 fully saturated rings. The summed E-state index contributed by atoms with van der Waals surface area (Å²) in [5.41, 5.74) is 0.941. The average Bonchev–Trinajstić information content (AvgIpc) is 2.71. The quantitative estimate of drug-likeness (QED) is 0.126. The molecule has 0 N–H and O–H groups in total. The molecule has 8 nitrogen and oxygen atoms in total. The molecule has 0 radical (unpaired) electrons. The fraction of sp³-hybridized carbons (Fsp3) is 0.571. The van der Waals surface area contributed by atoms with Crippen molar-refractivity contribution in [2.45, 2.75) is 37.7 Å². The zero-order valence-electron chi connectivity index (χ0n) is 17.9. The van der Waals surface area contributed by atoms with Crippen LogP contribution in [-0.2, 0) is 38.0 Å².